The van der Waals surface area contributed by atoms with Crippen LogP contribution in [0.15, 0.2) is 67.0 Å². The zero-order valence-electron chi connectivity index (χ0n) is 11.8. The third kappa shape index (κ3) is 2.92. The van der Waals surface area contributed by atoms with Crippen LogP contribution in [-0.2, 0) is 0 Å². The fraction of sp³-hybridized carbons (Fsp3) is 0.111. The van der Waals surface area contributed by atoms with Crippen LogP contribution in [0.3, 0.4) is 0 Å². The SMILES string of the molecule is C[C@@H](NC(=O)c1ccncc1)c1ccc2ccccc2c1. The van der Waals surface area contributed by atoms with Crippen LogP contribution in [0.1, 0.15) is 28.9 Å². The van der Waals surface area contributed by atoms with Gasteiger partial charge in [-0.3, -0.25) is 9.78 Å². The minimum atomic E-state index is -0.0851. The summed E-state index contributed by atoms with van der Waals surface area (Å²) < 4.78 is 0. The smallest absolute Gasteiger partial charge is 0.251 e. The van der Waals surface area contributed by atoms with Crippen molar-refractivity contribution >= 4 is 16.7 Å². The summed E-state index contributed by atoms with van der Waals surface area (Å²) in [5, 5.41) is 5.39. The number of hydrogen-bond acceptors (Lipinski definition) is 2. The summed E-state index contributed by atoms with van der Waals surface area (Å²) in [6.45, 7) is 1.99. The molecule has 0 saturated heterocycles. The zero-order valence-corrected chi connectivity index (χ0v) is 11.8. The molecule has 1 atom stereocenters. The van der Waals surface area contributed by atoms with Gasteiger partial charge < -0.3 is 5.32 Å². The van der Waals surface area contributed by atoms with Crippen molar-refractivity contribution in [1.82, 2.24) is 10.3 Å². The molecule has 0 bridgehead atoms. The van der Waals surface area contributed by atoms with Crippen molar-refractivity contribution in [2.75, 3.05) is 0 Å². The van der Waals surface area contributed by atoms with Gasteiger partial charge in [-0.05, 0) is 41.5 Å². The summed E-state index contributed by atoms with van der Waals surface area (Å²) in [5.74, 6) is -0.0851. The van der Waals surface area contributed by atoms with Gasteiger partial charge >= 0.3 is 0 Å². The Labute approximate surface area is 123 Å². The first-order valence-corrected chi connectivity index (χ1v) is 6.93. The number of nitrogens with one attached hydrogen (secondary N) is 1. The fourth-order valence-corrected chi connectivity index (χ4v) is 2.34. The molecule has 0 aliphatic carbocycles. The van der Waals surface area contributed by atoms with Crippen LogP contribution < -0.4 is 5.32 Å². The van der Waals surface area contributed by atoms with Crippen molar-refractivity contribution in [2.45, 2.75) is 13.0 Å². The van der Waals surface area contributed by atoms with E-state index in [0.29, 0.717) is 5.56 Å². The van der Waals surface area contributed by atoms with E-state index in [4.69, 9.17) is 0 Å². The fourth-order valence-electron chi connectivity index (χ4n) is 2.34. The van der Waals surface area contributed by atoms with Crippen molar-refractivity contribution in [2.24, 2.45) is 0 Å². The molecule has 21 heavy (non-hydrogen) atoms. The Kier molecular flexibility index (Phi) is 3.65. The minimum Gasteiger partial charge on any atom is -0.346 e. The lowest BCUT2D eigenvalue weighted by Crippen LogP contribution is -2.26. The highest BCUT2D eigenvalue weighted by molar-refractivity contribution is 5.94. The van der Waals surface area contributed by atoms with E-state index in [0.717, 1.165) is 5.56 Å². The van der Waals surface area contributed by atoms with Crippen molar-refractivity contribution < 1.29 is 4.79 Å². The van der Waals surface area contributed by atoms with Gasteiger partial charge in [-0.15, -0.1) is 0 Å². The van der Waals surface area contributed by atoms with Gasteiger partial charge in [-0.25, -0.2) is 0 Å². The lowest BCUT2D eigenvalue weighted by atomic mass is 10.0. The van der Waals surface area contributed by atoms with Crippen LogP contribution in [0.2, 0.25) is 0 Å². The average molecular weight is 276 g/mol. The largest absolute Gasteiger partial charge is 0.346 e. The summed E-state index contributed by atoms with van der Waals surface area (Å²) in [5.41, 5.74) is 1.72. The first kappa shape index (κ1) is 13.3. The van der Waals surface area contributed by atoms with Gasteiger partial charge in [0.05, 0.1) is 6.04 Å². The number of hydrogen-bond donors (Lipinski definition) is 1. The summed E-state index contributed by atoms with van der Waals surface area (Å²) in [4.78, 5) is 16.1. The predicted octanol–water partition coefficient (Wildman–Crippen LogP) is 3.73. The highest BCUT2D eigenvalue weighted by Crippen LogP contribution is 2.20. The average Bonchev–Trinajstić information content (AvgIpc) is 2.55. The van der Waals surface area contributed by atoms with E-state index in [1.54, 1.807) is 24.5 Å². The van der Waals surface area contributed by atoms with E-state index in [-0.39, 0.29) is 11.9 Å². The Morgan fingerprint density at radius 1 is 1.00 bits per heavy atom. The van der Waals surface area contributed by atoms with Crippen molar-refractivity contribution in [3.05, 3.63) is 78.1 Å². The number of carbonyl (C=O) groups excluding carboxylic acids is 1. The molecule has 3 rings (SSSR count). The molecule has 3 heteroatoms. The molecule has 0 aliphatic heterocycles. The normalized spacial score (nSPS) is 12.0. The second-order valence-corrected chi connectivity index (χ2v) is 5.04. The topological polar surface area (TPSA) is 42.0 Å². The van der Waals surface area contributed by atoms with Gasteiger partial charge in [0.2, 0.25) is 0 Å². The van der Waals surface area contributed by atoms with E-state index in [1.807, 2.05) is 19.1 Å². The summed E-state index contributed by atoms with van der Waals surface area (Å²) in [7, 11) is 0. The third-order valence-electron chi connectivity index (χ3n) is 3.56. The van der Waals surface area contributed by atoms with Crippen LogP contribution in [0.25, 0.3) is 10.8 Å². The Hall–Kier alpha value is -2.68. The first-order valence-electron chi connectivity index (χ1n) is 6.93. The number of fused-ring (bicyclic) bond motifs is 1. The number of carbonyl (C=O) groups is 1. The number of rotatable bonds is 3. The Bertz CT molecular complexity index is 768. The Morgan fingerprint density at radius 2 is 1.71 bits per heavy atom. The lowest BCUT2D eigenvalue weighted by molar-refractivity contribution is 0.0940. The minimum absolute atomic E-state index is 0.0460. The quantitative estimate of drug-likeness (QED) is 0.792. The molecular formula is C18H16N2O. The number of amides is 1. The monoisotopic (exact) mass is 276 g/mol. The molecule has 3 nitrogen and oxygen atoms in total. The summed E-state index contributed by atoms with van der Waals surface area (Å²) in [6, 6.07) is 17.8. The molecule has 0 saturated carbocycles. The molecule has 2 aromatic carbocycles. The molecule has 3 aromatic rings. The van der Waals surface area contributed by atoms with Crippen molar-refractivity contribution in [1.29, 1.82) is 0 Å². The predicted molar refractivity (Wildman–Crippen MR) is 84.1 cm³/mol. The van der Waals surface area contributed by atoms with Gasteiger partial charge in [0.1, 0.15) is 0 Å². The van der Waals surface area contributed by atoms with E-state index < -0.39 is 0 Å². The second kappa shape index (κ2) is 5.75. The van der Waals surface area contributed by atoms with E-state index in [9.17, 15) is 4.79 Å². The Balaban J connectivity index is 1.80. The maximum atomic E-state index is 12.2. The summed E-state index contributed by atoms with van der Waals surface area (Å²) >= 11 is 0. The zero-order chi connectivity index (χ0) is 14.7. The van der Waals surface area contributed by atoms with Crippen molar-refractivity contribution in [3.63, 3.8) is 0 Å². The van der Waals surface area contributed by atoms with Gasteiger partial charge in [-0.1, -0.05) is 36.4 Å². The third-order valence-corrected chi connectivity index (χ3v) is 3.56. The van der Waals surface area contributed by atoms with Gasteiger partial charge in [0, 0.05) is 18.0 Å². The molecule has 1 aromatic heterocycles. The second-order valence-electron chi connectivity index (χ2n) is 5.04. The number of benzene rings is 2. The maximum Gasteiger partial charge on any atom is 0.251 e. The van der Waals surface area contributed by atoms with E-state index in [1.165, 1.54) is 10.8 Å². The molecule has 104 valence electrons. The van der Waals surface area contributed by atoms with Crippen LogP contribution in [0.4, 0.5) is 0 Å². The lowest BCUT2D eigenvalue weighted by Gasteiger charge is -2.15. The molecular weight excluding hydrogens is 260 g/mol. The van der Waals surface area contributed by atoms with Gasteiger partial charge in [0.25, 0.3) is 5.91 Å². The van der Waals surface area contributed by atoms with Crippen LogP contribution in [-0.4, -0.2) is 10.9 Å². The maximum absolute atomic E-state index is 12.2. The molecule has 1 N–H and O–H groups in total. The van der Waals surface area contributed by atoms with Crippen LogP contribution in [0.5, 0.6) is 0 Å². The highest BCUT2D eigenvalue weighted by Gasteiger charge is 2.11. The highest BCUT2D eigenvalue weighted by atomic mass is 16.1. The van der Waals surface area contributed by atoms with Crippen LogP contribution >= 0.6 is 0 Å². The van der Waals surface area contributed by atoms with E-state index in [2.05, 4.69) is 40.6 Å². The van der Waals surface area contributed by atoms with E-state index >= 15 is 0 Å². The standard InChI is InChI=1S/C18H16N2O/c1-13(20-18(21)15-8-10-19-11-9-15)16-7-6-14-4-2-3-5-17(14)12-16/h2-13H,1H3,(H,20,21)/t13-/m1/s1. The molecule has 1 amide bonds. The number of pyridine rings is 1. The van der Waals surface area contributed by atoms with Crippen LogP contribution in [0, 0.1) is 0 Å². The Morgan fingerprint density at radius 3 is 2.48 bits per heavy atom. The molecule has 0 spiro atoms. The number of aromatic nitrogens is 1. The molecule has 0 fully saturated rings. The molecule has 0 aliphatic rings. The first-order chi connectivity index (χ1) is 10.2. The molecule has 1 heterocycles. The van der Waals surface area contributed by atoms with Crippen molar-refractivity contribution in [3.8, 4) is 0 Å². The molecule has 0 radical (unpaired) electrons. The van der Waals surface area contributed by atoms with Gasteiger partial charge in [-0.2, -0.15) is 0 Å². The summed E-state index contributed by atoms with van der Waals surface area (Å²) in [6.07, 6.45) is 3.24. The van der Waals surface area contributed by atoms with Gasteiger partial charge in [0.15, 0.2) is 0 Å². The molecule has 0 unspecified atom stereocenters. The number of nitrogens with zero attached hydrogens (tertiary/aromatic N) is 1.